The highest BCUT2D eigenvalue weighted by molar-refractivity contribution is 7.89. The summed E-state index contributed by atoms with van der Waals surface area (Å²) in [4.78, 5) is 3.91. The number of pyridine rings is 1. The van der Waals surface area contributed by atoms with Crippen LogP contribution in [0.5, 0.6) is 0 Å². The molecule has 0 fully saturated rings. The topological polar surface area (TPSA) is 59.1 Å². The zero-order valence-electron chi connectivity index (χ0n) is 10.2. The molecular formula is C13H13FN2O2S. The number of nitrogens with zero attached hydrogens (tertiary/aromatic N) is 1. The fourth-order valence-electron chi connectivity index (χ4n) is 1.63. The predicted octanol–water partition coefficient (Wildman–Crippen LogP) is 2.26. The molecule has 2 aromatic rings. The van der Waals surface area contributed by atoms with Gasteiger partial charge in [0.25, 0.3) is 0 Å². The van der Waals surface area contributed by atoms with Crippen molar-refractivity contribution in [2.24, 2.45) is 0 Å². The van der Waals surface area contributed by atoms with Crippen LogP contribution < -0.4 is 4.72 Å². The predicted molar refractivity (Wildman–Crippen MR) is 69.4 cm³/mol. The minimum atomic E-state index is -3.66. The summed E-state index contributed by atoms with van der Waals surface area (Å²) >= 11 is 0. The SMILES string of the molecule is CC(NS(=O)(=O)c1ccc(F)cc1)c1ccncc1. The molecule has 1 heterocycles. The third kappa shape index (κ3) is 3.36. The summed E-state index contributed by atoms with van der Waals surface area (Å²) in [5.41, 5.74) is 0.806. The summed E-state index contributed by atoms with van der Waals surface area (Å²) in [7, 11) is -3.66. The van der Waals surface area contributed by atoms with E-state index in [1.54, 1.807) is 31.5 Å². The Morgan fingerprint density at radius 3 is 2.26 bits per heavy atom. The Morgan fingerprint density at radius 2 is 1.68 bits per heavy atom. The minimum Gasteiger partial charge on any atom is -0.265 e. The normalized spacial score (nSPS) is 13.2. The third-order valence-corrected chi connectivity index (χ3v) is 4.22. The summed E-state index contributed by atoms with van der Waals surface area (Å²) in [6.45, 7) is 1.73. The molecule has 1 N–H and O–H groups in total. The summed E-state index contributed by atoms with van der Waals surface area (Å²) in [6.07, 6.45) is 3.19. The zero-order chi connectivity index (χ0) is 13.9. The van der Waals surface area contributed by atoms with Crippen molar-refractivity contribution >= 4 is 10.0 Å². The molecule has 6 heteroatoms. The molecule has 19 heavy (non-hydrogen) atoms. The lowest BCUT2D eigenvalue weighted by atomic mass is 10.1. The van der Waals surface area contributed by atoms with Crippen LogP contribution in [0.2, 0.25) is 0 Å². The van der Waals surface area contributed by atoms with Crippen LogP contribution in [0.4, 0.5) is 4.39 Å². The van der Waals surface area contributed by atoms with Gasteiger partial charge in [-0.3, -0.25) is 4.98 Å². The number of rotatable bonds is 4. The number of halogens is 1. The van der Waals surface area contributed by atoms with Crippen molar-refractivity contribution in [3.63, 3.8) is 0 Å². The van der Waals surface area contributed by atoms with Gasteiger partial charge >= 0.3 is 0 Å². The van der Waals surface area contributed by atoms with Gasteiger partial charge in [-0.1, -0.05) is 0 Å². The lowest BCUT2D eigenvalue weighted by molar-refractivity contribution is 0.566. The molecule has 4 nitrogen and oxygen atoms in total. The molecule has 0 amide bonds. The van der Waals surface area contributed by atoms with Crippen molar-refractivity contribution in [3.8, 4) is 0 Å². The molecule has 0 spiro atoms. The maximum atomic E-state index is 12.8. The molecule has 1 unspecified atom stereocenters. The number of nitrogens with one attached hydrogen (secondary N) is 1. The van der Waals surface area contributed by atoms with Crippen molar-refractivity contribution < 1.29 is 12.8 Å². The molecule has 1 aromatic carbocycles. The molecular weight excluding hydrogens is 267 g/mol. The molecule has 1 atom stereocenters. The van der Waals surface area contributed by atoms with E-state index >= 15 is 0 Å². The summed E-state index contributed by atoms with van der Waals surface area (Å²) in [6, 6.07) is 7.78. The van der Waals surface area contributed by atoms with Crippen LogP contribution in [0.3, 0.4) is 0 Å². The van der Waals surface area contributed by atoms with Gasteiger partial charge in [0.2, 0.25) is 10.0 Å². The Hall–Kier alpha value is -1.79. The largest absolute Gasteiger partial charge is 0.265 e. The van der Waals surface area contributed by atoms with Gasteiger partial charge in [0.05, 0.1) is 4.90 Å². The van der Waals surface area contributed by atoms with Gasteiger partial charge in [-0.15, -0.1) is 0 Å². The van der Waals surface area contributed by atoms with E-state index < -0.39 is 21.9 Å². The van der Waals surface area contributed by atoms with Crippen LogP contribution in [0.15, 0.2) is 53.7 Å². The third-order valence-electron chi connectivity index (χ3n) is 2.66. The average molecular weight is 280 g/mol. The van der Waals surface area contributed by atoms with Crippen LogP contribution in [0.1, 0.15) is 18.5 Å². The Labute approximate surface area is 111 Å². The van der Waals surface area contributed by atoms with Gasteiger partial charge in [0, 0.05) is 18.4 Å². The van der Waals surface area contributed by atoms with E-state index in [2.05, 4.69) is 9.71 Å². The first-order chi connectivity index (χ1) is 8.99. The molecule has 2 rings (SSSR count). The first kappa shape index (κ1) is 13.6. The first-order valence-electron chi connectivity index (χ1n) is 5.67. The molecule has 0 bridgehead atoms. The lowest BCUT2D eigenvalue weighted by Crippen LogP contribution is -2.26. The highest BCUT2D eigenvalue weighted by Gasteiger charge is 2.18. The molecule has 0 aliphatic carbocycles. The van der Waals surface area contributed by atoms with Crippen molar-refractivity contribution in [2.75, 3.05) is 0 Å². The highest BCUT2D eigenvalue weighted by Crippen LogP contribution is 2.16. The number of hydrogen-bond donors (Lipinski definition) is 1. The zero-order valence-corrected chi connectivity index (χ0v) is 11.1. The van der Waals surface area contributed by atoms with Crippen LogP contribution in [0, 0.1) is 5.82 Å². The van der Waals surface area contributed by atoms with Gasteiger partial charge < -0.3 is 0 Å². The Morgan fingerprint density at radius 1 is 1.11 bits per heavy atom. The quantitative estimate of drug-likeness (QED) is 0.934. The van der Waals surface area contributed by atoms with E-state index in [-0.39, 0.29) is 4.90 Å². The first-order valence-corrected chi connectivity index (χ1v) is 7.15. The molecule has 0 saturated carbocycles. The van der Waals surface area contributed by atoms with Gasteiger partial charge in [0.1, 0.15) is 5.82 Å². The Bertz CT molecular complexity index is 642. The fourth-order valence-corrected chi connectivity index (χ4v) is 2.87. The number of aromatic nitrogens is 1. The maximum Gasteiger partial charge on any atom is 0.241 e. The van der Waals surface area contributed by atoms with Crippen LogP contribution in [-0.4, -0.2) is 13.4 Å². The molecule has 0 aliphatic heterocycles. The lowest BCUT2D eigenvalue weighted by Gasteiger charge is -2.14. The number of benzene rings is 1. The van der Waals surface area contributed by atoms with Crippen molar-refractivity contribution in [3.05, 3.63) is 60.2 Å². The summed E-state index contributed by atoms with van der Waals surface area (Å²) < 4.78 is 39.5. The van der Waals surface area contributed by atoms with Crippen molar-refractivity contribution in [2.45, 2.75) is 17.9 Å². The summed E-state index contributed by atoms with van der Waals surface area (Å²) in [5, 5.41) is 0. The second-order valence-corrected chi connectivity index (χ2v) is 5.79. The number of hydrogen-bond acceptors (Lipinski definition) is 3. The monoisotopic (exact) mass is 280 g/mol. The summed E-state index contributed by atoms with van der Waals surface area (Å²) in [5.74, 6) is -0.471. The van der Waals surface area contributed by atoms with E-state index in [4.69, 9.17) is 0 Å². The van der Waals surface area contributed by atoms with Crippen LogP contribution in [0.25, 0.3) is 0 Å². The van der Waals surface area contributed by atoms with Crippen LogP contribution in [-0.2, 0) is 10.0 Å². The fraction of sp³-hybridized carbons (Fsp3) is 0.154. The van der Waals surface area contributed by atoms with Gasteiger partial charge in [-0.2, -0.15) is 0 Å². The van der Waals surface area contributed by atoms with Gasteiger partial charge in [0.15, 0.2) is 0 Å². The van der Waals surface area contributed by atoms with Gasteiger partial charge in [-0.05, 0) is 48.9 Å². The van der Waals surface area contributed by atoms with E-state index in [1.165, 1.54) is 12.1 Å². The van der Waals surface area contributed by atoms with Crippen molar-refractivity contribution in [1.82, 2.24) is 9.71 Å². The van der Waals surface area contributed by atoms with E-state index in [1.807, 2.05) is 0 Å². The van der Waals surface area contributed by atoms with Gasteiger partial charge in [-0.25, -0.2) is 17.5 Å². The number of sulfonamides is 1. The standard InChI is InChI=1S/C13H13FN2O2S/c1-10(11-6-8-15-9-7-11)16-19(17,18)13-4-2-12(14)3-5-13/h2-10,16H,1H3. The van der Waals surface area contributed by atoms with E-state index in [0.717, 1.165) is 17.7 Å². The highest BCUT2D eigenvalue weighted by atomic mass is 32.2. The molecule has 0 aliphatic rings. The molecule has 1 aromatic heterocycles. The van der Waals surface area contributed by atoms with Crippen molar-refractivity contribution in [1.29, 1.82) is 0 Å². The smallest absolute Gasteiger partial charge is 0.241 e. The maximum absolute atomic E-state index is 12.8. The Balaban J connectivity index is 2.20. The average Bonchev–Trinajstić information content (AvgIpc) is 2.40. The second-order valence-electron chi connectivity index (χ2n) is 4.08. The minimum absolute atomic E-state index is 0.0369. The second kappa shape index (κ2) is 5.46. The van der Waals surface area contributed by atoms with E-state index in [0.29, 0.717) is 0 Å². The van der Waals surface area contributed by atoms with Crippen LogP contribution >= 0.6 is 0 Å². The van der Waals surface area contributed by atoms with E-state index in [9.17, 15) is 12.8 Å². The molecule has 0 saturated heterocycles. The molecule has 100 valence electrons. The molecule has 0 radical (unpaired) electrons. The Kier molecular flexibility index (Phi) is 3.92.